The minimum atomic E-state index is -0.401. The van der Waals surface area contributed by atoms with Crippen LogP contribution in [0.2, 0.25) is 0 Å². The second kappa shape index (κ2) is 8.67. The Balaban J connectivity index is 1.70. The van der Waals surface area contributed by atoms with Crippen LogP contribution < -0.4 is 15.4 Å². The quantitative estimate of drug-likeness (QED) is 0.820. The Hall–Kier alpha value is -2.89. The fourth-order valence-corrected chi connectivity index (χ4v) is 1.94. The number of nitrogens with one attached hydrogen (secondary N) is 2. The summed E-state index contributed by atoms with van der Waals surface area (Å²) in [6.45, 7) is 1.70. The number of ether oxygens (including phenoxy) is 1. The van der Waals surface area contributed by atoms with Crippen molar-refractivity contribution in [3.8, 4) is 5.75 Å². The summed E-state index contributed by atoms with van der Waals surface area (Å²) in [7, 11) is 0. The van der Waals surface area contributed by atoms with Crippen LogP contribution in [0.1, 0.15) is 12.5 Å². The summed E-state index contributed by atoms with van der Waals surface area (Å²) in [6.07, 6.45) is 0.934. The van der Waals surface area contributed by atoms with E-state index in [4.69, 9.17) is 4.74 Å². The van der Waals surface area contributed by atoms with E-state index in [1.54, 1.807) is 12.1 Å². The molecule has 6 heteroatoms. The highest BCUT2D eigenvalue weighted by molar-refractivity contribution is 5.94. The lowest BCUT2D eigenvalue weighted by atomic mass is 10.2. The third-order valence-electron chi connectivity index (χ3n) is 3.28. The molecule has 0 aliphatic heterocycles. The van der Waals surface area contributed by atoms with Crippen LogP contribution in [0, 0.1) is 5.82 Å². The van der Waals surface area contributed by atoms with Gasteiger partial charge in [0.05, 0.1) is 6.54 Å². The number of hydrogen-bond acceptors (Lipinski definition) is 3. The average Bonchev–Trinajstić information content (AvgIpc) is 2.60. The smallest absolute Gasteiger partial charge is 0.258 e. The van der Waals surface area contributed by atoms with Gasteiger partial charge in [-0.05, 0) is 48.4 Å². The predicted octanol–water partition coefficient (Wildman–Crippen LogP) is 2.52. The van der Waals surface area contributed by atoms with Gasteiger partial charge < -0.3 is 15.4 Å². The van der Waals surface area contributed by atoms with Crippen LogP contribution in [0.4, 0.5) is 10.1 Å². The highest BCUT2D eigenvalue weighted by Crippen LogP contribution is 2.12. The van der Waals surface area contributed by atoms with Crippen LogP contribution in [-0.4, -0.2) is 25.0 Å². The molecule has 0 heterocycles. The molecular formula is C18H19FN2O3. The maximum atomic E-state index is 12.8. The van der Waals surface area contributed by atoms with Crippen molar-refractivity contribution in [2.45, 2.75) is 13.3 Å². The summed E-state index contributed by atoms with van der Waals surface area (Å²) in [5.74, 6) is -0.588. The molecule has 2 aromatic rings. The van der Waals surface area contributed by atoms with Crippen molar-refractivity contribution in [3.63, 3.8) is 0 Å². The van der Waals surface area contributed by atoms with Crippen molar-refractivity contribution in [1.29, 1.82) is 0 Å². The summed E-state index contributed by atoms with van der Waals surface area (Å²) in [5, 5.41) is 5.01. The van der Waals surface area contributed by atoms with E-state index in [0.717, 1.165) is 6.42 Å². The number of hydrogen-bond donors (Lipinski definition) is 2. The zero-order valence-electron chi connectivity index (χ0n) is 13.3. The number of carbonyl (C=O) groups is 2. The Bertz CT molecular complexity index is 684. The second-order valence-electron chi connectivity index (χ2n) is 5.12. The van der Waals surface area contributed by atoms with Crippen molar-refractivity contribution < 1.29 is 18.7 Å². The summed E-state index contributed by atoms with van der Waals surface area (Å²) in [5.41, 5.74) is 1.65. The molecule has 0 aliphatic carbocycles. The van der Waals surface area contributed by atoms with Crippen LogP contribution in [0.5, 0.6) is 5.75 Å². The lowest BCUT2D eigenvalue weighted by Crippen LogP contribution is -2.35. The summed E-state index contributed by atoms with van der Waals surface area (Å²) in [4.78, 5) is 23.4. The Labute approximate surface area is 139 Å². The van der Waals surface area contributed by atoms with Gasteiger partial charge in [0.1, 0.15) is 11.6 Å². The minimum Gasteiger partial charge on any atom is -0.484 e. The molecule has 5 nitrogen and oxygen atoms in total. The predicted molar refractivity (Wildman–Crippen MR) is 89.4 cm³/mol. The Kier molecular flexibility index (Phi) is 6.31. The van der Waals surface area contributed by atoms with Gasteiger partial charge in [-0.15, -0.1) is 0 Å². The number of amides is 2. The fraction of sp³-hybridized carbons (Fsp3) is 0.222. The topological polar surface area (TPSA) is 67.4 Å². The first-order chi connectivity index (χ1) is 11.6. The van der Waals surface area contributed by atoms with Crippen LogP contribution in [0.15, 0.2) is 48.5 Å². The molecule has 0 unspecified atom stereocenters. The molecule has 2 rings (SSSR count). The van der Waals surface area contributed by atoms with Gasteiger partial charge in [-0.3, -0.25) is 9.59 Å². The van der Waals surface area contributed by atoms with Gasteiger partial charge in [-0.25, -0.2) is 4.39 Å². The molecule has 0 bridgehead atoms. The maximum Gasteiger partial charge on any atom is 0.258 e. The maximum absolute atomic E-state index is 12.8. The van der Waals surface area contributed by atoms with Gasteiger partial charge in [0.2, 0.25) is 5.91 Å². The molecule has 0 saturated carbocycles. The normalized spacial score (nSPS) is 10.1. The lowest BCUT2D eigenvalue weighted by molar-refractivity contribution is -0.125. The lowest BCUT2D eigenvalue weighted by Gasteiger charge is -2.08. The highest BCUT2D eigenvalue weighted by Gasteiger charge is 2.07. The van der Waals surface area contributed by atoms with Gasteiger partial charge in [0, 0.05) is 5.69 Å². The van der Waals surface area contributed by atoms with Gasteiger partial charge in [-0.1, -0.05) is 19.1 Å². The number of carbonyl (C=O) groups excluding carboxylic acids is 2. The van der Waals surface area contributed by atoms with Crippen molar-refractivity contribution in [3.05, 3.63) is 59.9 Å². The molecule has 0 atom stereocenters. The molecule has 0 aliphatic rings. The Morgan fingerprint density at radius 1 is 1.00 bits per heavy atom. The van der Waals surface area contributed by atoms with E-state index in [2.05, 4.69) is 17.6 Å². The average molecular weight is 330 g/mol. The number of aryl methyl sites for hydroxylation is 1. The molecule has 0 saturated heterocycles. The van der Waals surface area contributed by atoms with Gasteiger partial charge in [-0.2, -0.15) is 0 Å². The minimum absolute atomic E-state index is 0.171. The van der Waals surface area contributed by atoms with Crippen molar-refractivity contribution in [2.75, 3.05) is 18.5 Å². The number of rotatable bonds is 7. The SMILES string of the molecule is CCc1ccc(OCC(=O)NCC(=O)Nc2ccc(F)cc2)cc1. The van der Waals surface area contributed by atoms with Gasteiger partial charge >= 0.3 is 0 Å². The van der Waals surface area contributed by atoms with Crippen LogP contribution >= 0.6 is 0 Å². The third-order valence-corrected chi connectivity index (χ3v) is 3.28. The van der Waals surface area contributed by atoms with E-state index in [-0.39, 0.29) is 19.0 Å². The van der Waals surface area contributed by atoms with Gasteiger partial charge in [0.25, 0.3) is 5.91 Å². The molecule has 2 aromatic carbocycles. The molecule has 0 radical (unpaired) electrons. The third kappa shape index (κ3) is 5.72. The summed E-state index contributed by atoms with van der Waals surface area (Å²) in [6, 6.07) is 12.8. The van der Waals surface area contributed by atoms with Gasteiger partial charge in [0.15, 0.2) is 6.61 Å². The number of anilines is 1. The molecule has 2 amide bonds. The van der Waals surface area contributed by atoms with E-state index >= 15 is 0 Å². The Morgan fingerprint density at radius 3 is 2.29 bits per heavy atom. The van der Waals surface area contributed by atoms with E-state index in [1.165, 1.54) is 29.8 Å². The first-order valence-corrected chi connectivity index (χ1v) is 7.60. The molecule has 0 fully saturated rings. The molecule has 24 heavy (non-hydrogen) atoms. The second-order valence-corrected chi connectivity index (χ2v) is 5.12. The van der Waals surface area contributed by atoms with Crippen LogP contribution in [0.25, 0.3) is 0 Å². The van der Waals surface area contributed by atoms with E-state index in [1.807, 2.05) is 12.1 Å². The van der Waals surface area contributed by atoms with Crippen molar-refractivity contribution in [1.82, 2.24) is 5.32 Å². The Morgan fingerprint density at radius 2 is 1.67 bits per heavy atom. The highest BCUT2D eigenvalue weighted by atomic mass is 19.1. The van der Waals surface area contributed by atoms with Crippen molar-refractivity contribution >= 4 is 17.5 Å². The monoisotopic (exact) mass is 330 g/mol. The number of benzene rings is 2. The molecule has 126 valence electrons. The zero-order valence-corrected chi connectivity index (χ0v) is 13.3. The van der Waals surface area contributed by atoms with E-state index in [0.29, 0.717) is 11.4 Å². The van der Waals surface area contributed by atoms with Crippen LogP contribution in [-0.2, 0) is 16.0 Å². The van der Waals surface area contributed by atoms with E-state index in [9.17, 15) is 14.0 Å². The first-order valence-electron chi connectivity index (χ1n) is 7.60. The largest absolute Gasteiger partial charge is 0.484 e. The standard InChI is InChI=1S/C18H19FN2O3/c1-2-13-3-9-16(10-4-13)24-12-18(23)20-11-17(22)21-15-7-5-14(19)6-8-15/h3-10H,2,11-12H2,1H3,(H,20,23)(H,21,22). The zero-order chi connectivity index (χ0) is 17.4. The van der Waals surface area contributed by atoms with Crippen molar-refractivity contribution in [2.24, 2.45) is 0 Å². The van der Waals surface area contributed by atoms with E-state index < -0.39 is 11.8 Å². The summed E-state index contributed by atoms with van der Waals surface area (Å²) >= 11 is 0. The summed E-state index contributed by atoms with van der Waals surface area (Å²) < 4.78 is 18.1. The molecule has 0 spiro atoms. The first kappa shape index (κ1) is 17.5. The molecule has 2 N–H and O–H groups in total. The molecule has 0 aromatic heterocycles. The van der Waals surface area contributed by atoms with Crippen LogP contribution in [0.3, 0.4) is 0 Å². The fourth-order valence-electron chi connectivity index (χ4n) is 1.94. The molecular weight excluding hydrogens is 311 g/mol. The number of halogens is 1.